The summed E-state index contributed by atoms with van der Waals surface area (Å²) in [5.74, 6) is 0.598. The number of hydrogen-bond acceptors (Lipinski definition) is 4. The summed E-state index contributed by atoms with van der Waals surface area (Å²) < 4.78 is 29.5. The third kappa shape index (κ3) is 4.38. The Kier molecular flexibility index (Phi) is 5.74. The molecule has 2 aliphatic heterocycles. The van der Waals surface area contributed by atoms with Crippen molar-refractivity contribution in [2.45, 2.75) is 18.3 Å². The van der Waals surface area contributed by atoms with Gasteiger partial charge in [-0.25, -0.2) is 4.39 Å². The maximum Gasteiger partial charge on any atom is 0.244 e. The van der Waals surface area contributed by atoms with Crippen LogP contribution in [0.25, 0.3) is 6.08 Å². The highest BCUT2D eigenvalue weighted by molar-refractivity contribution is 6.32. The second-order valence-corrected chi connectivity index (χ2v) is 7.59. The van der Waals surface area contributed by atoms with E-state index in [-0.39, 0.29) is 23.9 Å². The lowest BCUT2D eigenvalue weighted by atomic mass is 9.74. The van der Waals surface area contributed by atoms with Gasteiger partial charge in [-0.2, -0.15) is 0 Å². The monoisotopic (exact) mass is 417 g/mol. The zero-order valence-corrected chi connectivity index (χ0v) is 16.5. The van der Waals surface area contributed by atoms with Gasteiger partial charge >= 0.3 is 0 Å². The Hall–Kier alpha value is -2.57. The van der Waals surface area contributed by atoms with Crippen molar-refractivity contribution in [2.75, 3.05) is 26.6 Å². The van der Waals surface area contributed by atoms with Gasteiger partial charge in [0.1, 0.15) is 5.82 Å². The van der Waals surface area contributed by atoms with Crippen LogP contribution in [-0.4, -0.2) is 32.5 Å². The van der Waals surface area contributed by atoms with Gasteiger partial charge < -0.3 is 19.5 Å². The smallest absolute Gasteiger partial charge is 0.244 e. The summed E-state index contributed by atoms with van der Waals surface area (Å²) in [7, 11) is 0. The molecule has 1 fully saturated rings. The summed E-state index contributed by atoms with van der Waals surface area (Å²) in [6.07, 6.45) is 4.67. The third-order valence-corrected chi connectivity index (χ3v) is 5.66. The van der Waals surface area contributed by atoms with Crippen LogP contribution in [0.4, 0.5) is 4.39 Å². The number of fused-ring (bicyclic) bond motifs is 1. The van der Waals surface area contributed by atoms with Crippen molar-refractivity contribution in [3.05, 3.63) is 64.4 Å². The van der Waals surface area contributed by atoms with Gasteiger partial charge in [0.05, 0.1) is 5.02 Å². The molecule has 0 saturated carbocycles. The maximum atomic E-state index is 13.3. The van der Waals surface area contributed by atoms with Gasteiger partial charge in [0.15, 0.2) is 11.5 Å². The molecule has 29 heavy (non-hydrogen) atoms. The zero-order valence-electron chi connectivity index (χ0n) is 15.8. The normalized spacial score (nSPS) is 17.4. The molecule has 1 amide bonds. The van der Waals surface area contributed by atoms with E-state index in [4.69, 9.17) is 25.8 Å². The molecule has 2 aliphatic rings. The quantitative estimate of drug-likeness (QED) is 0.744. The van der Waals surface area contributed by atoms with Crippen LogP contribution in [0.15, 0.2) is 42.5 Å². The fourth-order valence-corrected chi connectivity index (χ4v) is 3.98. The molecule has 7 heteroatoms. The lowest BCUT2D eigenvalue weighted by molar-refractivity contribution is -0.116. The van der Waals surface area contributed by atoms with Crippen molar-refractivity contribution in [3.63, 3.8) is 0 Å². The van der Waals surface area contributed by atoms with E-state index in [1.807, 2.05) is 0 Å². The zero-order chi connectivity index (χ0) is 20.3. The minimum atomic E-state index is -0.273. The molecule has 2 heterocycles. The van der Waals surface area contributed by atoms with Gasteiger partial charge in [-0.1, -0.05) is 23.7 Å². The van der Waals surface area contributed by atoms with Gasteiger partial charge in [0.25, 0.3) is 0 Å². The molecule has 0 spiro atoms. The maximum absolute atomic E-state index is 13.3. The first-order valence-corrected chi connectivity index (χ1v) is 9.82. The fourth-order valence-electron chi connectivity index (χ4n) is 3.70. The van der Waals surface area contributed by atoms with Crippen LogP contribution in [-0.2, 0) is 14.9 Å². The van der Waals surface area contributed by atoms with E-state index >= 15 is 0 Å². The predicted octanol–water partition coefficient (Wildman–Crippen LogP) is 4.09. The summed E-state index contributed by atoms with van der Waals surface area (Å²) >= 11 is 6.17. The number of benzene rings is 2. The SMILES string of the molecule is O=C(/C=C/c1cc(Cl)c2c(c1)OCO2)NCC1(c2ccc(F)cc2)CCOCC1. The summed E-state index contributed by atoms with van der Waals surface area (Å²) in [4.78, 5) is 12.4. The average Bonchev–Trinajstić information content (AvgIpc) is 3.21. The molecule has 5 nitrogen and oxygen atoms in total. The Morgan fingerprint density at radius 2 is 1.93 bits per heavy atom. The first-order chi connectivity index (χ1) is 14.1. The largest absolute Gasteiger partial charge is 0.454 e. The number of rotatable bonds is 5. The van der Waals surface area contributed by atoms with E-state index in [2.05, 4.69) is 5.32 Å². The lowest BCUT2D eigenvalue weighted by Crippen LogP contribution is -2.44. The van der Waals surface area contributed by atoms with Crippen LogP contribution in [0.3, 0.4) is 0 Å². The second-order valence-electron chi connectivity index (χ2n) is 7.19. The summed E-state index contributed by atoms with van der Waals surface area (Å²) in [6, 6.07) is 9.98. The van der Waals surface area contributed by atoms with Crippen LogP contribution >= 0.6 is 11.6 Å². The molecule has 2 aromatic carbocycles. The summed E-state index contributed by atoms with van der Waals surface area (Å²) in [5, 5.41) is 3.42. The number of ether oxygens (including phenoxy) is 3. The van der Waals surface area contributed by atoms with E-state index in [9.17, 15) is 9.18 Å². The molecule has 1 saturated heterocycles. The van der Waals surface area contributed by atoms with Crippen LogP contribution in [0.2, 0.25) is 5.02 Å². The van der Waals surface area contributed by atoms with Crippen molar-refractivity contribution in [1.82, 2.24) is 5.32 Å². The highest BCUT2D eigenvalue weighted by Gasteiger charge is 2.34. The molecule has 4 rings (SSSR count). The van der Waals surface area contributed by atoms with Gasteiger partial charge in [-0.05, 0) is 54.3 Å². The molecule has 0 unspecified atom stereocenters. The van der Waals surface area contributed by atoms with E-state index < -0.39 is 0 Å². The van der Waals surface area contributed by atoms with Crippen molar-refractivity contribution >= 4 is 23.6 Å². The van der Waals surface area contributed by atoms with Gasteiger partial charge in [0, 0.05) is 31.2 Å². The number of carbonyl (C=O) groups excluding carboxylic acids is 1. The predicted molar refractivity (Wildman–Crippen MR) is 108 cm³/mol. The molecule has 0 aromatic heterocycles. The second kappa shape index (κ2) is 8.43. The van der Waals surface area contributed by atoms with Gasteiger partial charge in [0.2, 0.25) is 12.7 Å². The van der Waals surface area contributed by atoms with Gasteiger partial charge in [-0.15, -0.1) is 0 Å². The van der Waals surface area contributed by atoms with Crippen LogP contribution in [0.1, 0.15) is 24.0 Å². The molecular weight excluding hydrogens is 397 g/mol. The first-order valence-electron chi connectivity index (χ1n) is 9.45. The van der Waals surface area contributed by atoms with E-state index in [0.717, 1.165) is 24.0 Å². The number of nitrogens with one attached hydrogen (secondary N) is 1. The summed E-state index contributed by atoms with van der Waals surface area (Å²) in [6.45, 7) is 1.81. The first kappa shape index (κ1) is 19.7. The standard InChI is InChI=1S/C22H21ClFNO4/c23-18-11-15(12-19-21(18)29-14-28-19)1-6-20(26)25-13-22(7-9-27-10-8-22)16-2-4-17(24)5-3-16/h1-6,11-12H,7-10,13-14H2,(H,25,26)/b6-1+. The molecule has 0 bridgehead atoms. The topological polar surface area (TPSA) is 56.8 Å². The Bertz CT molecular complexity index is 923. The minimum Gasteiger partial charge on any atom is -0.454 e. The number of hydrogen-bond donors (Lipinski definition) is 1. The van der Waals surface area contributed by atoms with Crippen molar-refractivity contribution in [3.8, 4) is 11.5 Å². The van der Waals surface area contributed by atoms with E-state index in [1.54, 1.807) is 30.3 Å². The highest BCUT2D eigenvalue weighted by atomic mass is 35.5. The van der Waals surface area contributed by atoms with E-state index in [1.165, 1.54) is 18.2 Å². The molecule has 152 valence electrons. The summed E-state index contributed by atoms with van der Waals surface area (Å²) in [5.41, 5.74) is 1.49. The van der Waals surface area contributed by atoms with Crippen LogP contribution in [0.5, 0.6) is 11.5 Å². The molecule has 0 atom stereocenters. The Morgan fingerprint density at radius 1 is 1.17 bits per heavy atom. The molecule has 1 N–H and O–H groups in total. The van der Waals surface area contributed by atoms with Crippen LogP contribution < -0.4 is 14.8 Å². The Morgan fingerprint density at radius 3 is 2.69 bits per heavy atom. The number of carbonyl (C=O) groups is 1. The van der Waals surface area contributed by atoms with Crippen molar-refractivity contribution in [2.24, 2.45) is 0 Å². The minimum absolute atomic E-state index is 0.137. The Balaban J connectivity index is 1.44. The number of halogens is 2. The molecular formula is C22H21ClFNO4. The molecule has 0 aliphatic carbocycles. The van der Waals surface area contributed by atoms with Gasteiger partial charge in [-0.3, -0.25) is 4.79 Å². The molecule has 0 radical (unpaired) electrons. The molecule has 2 aromatic rings. The Labute approximate surface area is 173 Å². The highest BCUT2D eigenvalue weighted by Crippen LogP contribution is 2.40. The average molecular weight is 418 g/mol. The van der Waals surface area contributed by atoms with E-state index in [0.29, 0.717) is 36.3 Å². The third-order valence-electron chi connectivity index (χ3n) is 5.38. The van der Waals surface area contributed by atoms with Crippen molar-refractivity contribution < 1.29 is 23.4 Å². The fraction of sp³-hybridized carbons (Fsp3) is 0.318. The number of amides is 1. The van der Waals surface area contributed by atoms with Crippen molar-refractivity contribution in [1.29, 1.82) is 0 Å². The van der Waals surface area contributed by atoms with Crippen LogP contribution in [0, 0.1) is 5.82 Å². The lowest BCUT2D eigenvalue weighted by Gasteiger charge is -2.37.